The first-order valence-corrected chi connectivity index (χ1v) is 5.60. The van der Waals surface area contributed by atoms with E-state index in [4.69, 9.17) is 11.6 Å². The van der Waals surface area contributed by atoms with Gasteiger partial charge in [0.1, 0.15) is 12.5 Å². The highest BCUT2D eigenvalue weighted by Gasteiger charge is 2.16. The zero-order valence-corrected chi connectivity index (χ0v) is 9.46. The smallest absolute Gasteiger partial charge is 0.130 e. The summed E-state index contributed by atoms with van der Waals surface area (Å²) in [5.74, 6) is 1.64. The predicted molar refractivity (Wildman–Crippen MR) is 64.2 cm³/mol. The van der Waals surface area contributed by atoms with Gasteiger partial charge in [-0.1, -0.05) is 19.1 Å². The summed E-state index contributed by atoms with van der Waals surface area (Å²) in [6.07, 6.45) is 0.935. The molecule has 2 rings (SSSR count). The molecule has 0 amide bonds. The van der Waals surface area contributed by atoms with Crippen molar-refractivity contribution < 1.29 is 0 Å². The van der Waals surface area contributed by atoms with Crippen molar-refractivity contribution in [1.82, 2.24) is 5.43 Å². The van der Waals surface area contributed by atoms with E-state index < -0.39 is 0 Å². The van der Waals surface area contributed by atoms with E-state index >= 15 is 0 Å². The van der Waals surface area contributed by atoms with Gasteiger partial charge in [-0.25, -0.2) is 0 Å². The summed E-state index contributed by atoms with van der Waals surface area (Å²) >= 11 is 5.75. The third kappa shape index (κ3) is 2.07. The highest BCUT2D eigenvalue weighted by atomic mass is 35.5. The monoisotopic (exact) mass is 223 g/mol. The van der Waals surface area contributed by atoms with E-state index in [1.807, 2.05) is 12.1 Å². The standard InChI is InChI=1S/C11H14ClN3/c1-2-11-14-13-8-15(11)10-5-3-9(7-12)4-6-10/h3-6,13H,2,7-8H2,1H3. The molecule has 0 spiro atoms. The molecule has 0 fully saturated rings. The number of anilines is 1. The number of nitrogens with one attached hydrogen (secondary N) is 1. The molecule has 3 nitrogen and oxygen atoms in total. The molecule has 0 aromatic heterocycles. The molecule has 0 bridgehead atoms. The minimum absolute atomic E-state index is 0.563. The lowest BCUT2D eigenvalue weighted by molar-refractivity contribution is 0.807. The van der Waals surface area contributed by atoms with Gasteiger partial charge in [-0.15, -0.1) is 11.6 Å². The largest absolute Gasteiger partial charge is 0.309 e. The van der Waals surface area contributed by atoms with Crippen molar-refractivity contribution in [3.8, 4) is 0 Å². The predicted octanol–water partition coefficient (Wildman–Crippen LogP) is 2.52. The van der Waals surface area contributed by atoms with Gasteiger partial charge in [0.25, 0.3) is 0 Å². The fourth-order valence-electron chi connectivity index (χ4n) is 1.62. The number of rotatable bonds is 3. The zero-order chi connectivity index (χ0) is 10.7. The molecule has 1 aromatic rings. The van der Waals surface area contributed by atoms with Gasteiger partial charge in [-0.2, -0.15) is 5.10 Å². The van der Waals surface area contributed by atoms with Crippen LogP contribution in [-0.4, -0.2) is 12.5 Å². The first kappa shape index (κ1) is 10.3. The second-order valence-electron chi connectivity index (χ2n) is 3.43. The van der Waals surface area contributed by atoms with Gasteiger partial charge in [0.05, 0.1) is 0 Å². The Kier molecular flexibility index (Phi) is 3.11. The minimum atomic E-state index is 0.563. The van der Waals surface area contributed by atoms with Crippen molar-refractivity contribution in [2.45, 2.75) is 19.2 Å². The minimum Gasteiger partial charge on any atom is -0.309 e. The molecule has 0 radical (unpaired) electrons. The number of nitrogens with zero attached hydrogens (tertiary/aromatic N) is 2. The molecule has 1 heterocycles. The molecule has 1 aliphatic rings. The van der Waals surface area contributed by atoms with Gasteiger partial charge in [-0.3, -0.25) is 5.43 Å². The Bertz CT molecular complexity index is 359. The fraction of sp³-hybridized carbons (Fsp3) is 0.364. The van der Waals surface area contributed by atoms with E-state index in [2.05, 4.69) is 34.5 Å². The lowest BCUT2D eigenvalue weighted by Gasteiger charge is -2.18. The second-order valence-corrected chi connectivity index (χ2v) is 3.69. The summed E-state index contributed by atoms with van der Waals surface area (Å²) in [5, 5.41) is 4.22. The maximum absolute atomic E-state index is 5.75. The van der Waals surface area contributed by atoms with E-state index in [1.54, 1.807) is 0 Å². The second kappa shape index (κ2) is 4.53. The lowest BCUT2D eigenvalue weighted by atomic mass is 10.2. The molecular weight excluding hydrogens is 210 g/mol. The number of hydrogen-bond acceptors (Lipinski definition) is 3. The first-order chi connectivity index (χ1) is 7.35. The number of alkyl halides is 1. The number of amidine groups is 1. The van der Waals surface area contributed by atoms with E-state index in [1.165, 1.54) is 0 Å². The van der Waals surface area contributed by atoms with Crippen molar-refractivity contribution in [2.75, 3.05) is 11.6 Å². The highest BCUT2D eigenvalue weighted by Crippen LogP contribution is 2.18. The molecule has 0 saturated carbocycles. The summed E-state index contributed by atoms with van der Waals surface area (Å²) in [6, 6.07) is 8.26. The van der Waals surface area contributed by atoms with Gasteiger partial charge < -0.3 is 4.90 Å². The Hall–Kier alpha value is -1.22. The molecule has 1 N–H and O–H groups in total. The Morgan fingerprint density at radius 3 is 2.73 bits per heavy atom. The molecule has 15 heavy (non-hydrogen) atoms. The van der Waals surface area contributed by atoms with Crippen molar-refractivity contribution in [2.24, 2.45) is 5.10 Å². The van der Waals surface area contributed by atoms with Crippen LogP contribution in [0, 0.1) is 0 Å². The van der Waals surface area contributed by atoms with E-state index in [-0.39, 0.29) is 0 Å². The molecule has 1 aliphatic heterocycles. The van der Waals surface area contributed by atoms with Crippen LogP contribution in [0.25, 0.3) is 0 Å². The van der Waals surface area contributed by atoms with Crippen molar-refractivity contribution in [3.63, 3.8) is 0 Å². The van der Waals surface area contributed by atoms with Crippen LogP contribution in [0.2, 0.25) is 0 Å². The third-order valence-corrected chi connectivity index (χ3v) is 2.78. The molecule has 0 atom stereocenters. The van der Waals surface area contributed by atoms with Gasteiger partial charge in [0, 0.05) is 18.0 Å². The van der Waals surface area contributed by atoms with Crippen molar-refractivity contribution in [1.29, 1.82) is 0 Å². The SMILES string of the molecule is CCC1=NNCN1c1ccc(CCl)cc1. The average Bonchev–Trinajstić information content (AvgIpc) is 2.77. The van der Waals surface area contributed by atoms with Crippen LogP contribution in [0.5, 0.6) is 0 Å². The number of hydrazone groups is 1. The normalized spacial score (nSPS) is 15.1. The number of halogens is 1. The van der Waals surface area contributed by atoms with Crippen LogP contribution in [0.15, 0.2) is 29.4 Å². The van der Waals surface area contributed by atoms with Crippen molar-refractivity contribution in [3.05, 3.63) is 29.8 Å². The lowest BCUT2D eigenvalue weighted by Crippen LogP contribution is -2.28. The molecule has 0 saturated heterocycles. The van der Waals surface area contributed by atoms with Gasteiger partial charge >= 0.3 is 0 Å². The van der Waals surface area contributed by atoms with Gasteiger partial charge in [-0.05, 0) is 17.7 Å². The van der Waals surface area contributed by atoms with Crippen LogP contribution in [-0.2, 0) is 5.88 Å². The van der Waals surface area contributed by atoms with Crippen LogP contribution in [0.3, 0.4) is 0 Å². The van der Waals surface area contributed by atoms with E-state index in [9.17, 15) is 0 Å². The van der Waals surface area contributed by atoms with Crippen LogP contribution >= 0.6 is 11.6 Å². The Labute approximate surface area is 94.7 Å². The van der Waals surface area contributed by atoms with Gasteiger partial charge in [0.2, 0.25) is 0 Å². The average molecular weight is 224 g/mol. The molecule has 0 unspecified atom stereocenters. The van der Waals surface area contributed by atoms with Gasteiger partial charge in [0.15, 0.2) is 0 Å². The number of benzene rings is 1. The van der Waals surface area contributed by atoms with E-state index in [0.717, 1.165) is 30.2 Å². The number of hydrogen-bond donors (Lipinski definition) is 1. The maximum atomic E-state index is 5.75. The molecule has 0 aliphatic carbocycles. The first-order valence-electron chi connectivity index (χ1n) is 5.07. The molecule has 4 heteroatoms. The van der Waals surface area contributed by atoms with Crippen molar-refractivity contribution >= 4 is 23.1 Å². The topological polar surface area (TPSA) is 27.6 Å². The van der Waals surface area contributed by atoms with Crippen LogP contribution < -0.4 is 10.3 Å². The summed E-state index contributed by atoms with van der Waals surface area (Å²) in [6.45, 7) is 2.86. The van der Waals surface area contributed by atoms with Crippen LogP contribution in [0.4, 0.5) is 5.69 Å². The summed E-state index contributed by atoms with van der Waals surface area (Å²) in [7, 11) is 0. The third-order valence-electron chi connectivity index (χ3n) is 2.47. The quantitative estimate of drug-likeness (QED) is 0.798. The maximum Gasteiger partial charge on any atom is 0.130 e. The Morgan fingerprint density at radius 1 is 1.40 bits per heavy atom. The highest BCUT2D eigenvalue weighted by molar-refractivity contribution is 6.17. The van der Waals surface area contributed by atoms with Crippen LogP contribution in [0.1, 0.15) is 18.9 Å². The molecule has 1 aromatic carbocycles. The summed E-state index contributed by atoms with van der Waals surface area (Å²) in [4.78, 5) is 2.16. The fourth-order valence-corrected chi connectivity index (χ4v) is 1.80. The summed E-state index contributed by atoms with van der Waals surface area (Å²) < 4.78 is 0. The molecule has 80 valence electrons. The molecular formula is C11H14ClN3. The Morgan fingerprint density at radius 2 is 2.13 bits per heavy atom. The Balaban J connectivity index is 2.19. The van der Waals surface area contributed by atoms with E-state index in [0.29, 0.717) is 5.88 Å². The summed E-state index contributed by atoms with van der Waals surface area (Å²) in [5.41, 5.74) is 5.29. The zero-order valence-electron chi connectivity index (χ0n) is 8.70.